The van der Waals surface area contributed by atoms with E-state index >= 15 is 0 Å². The number of ketones is 1. The minimum Gasteiger partial charge on any atom is -0.445 e. The summed E-state index contributed by atoms with van der Waals surface area (Å²) in [7, 11) is 0. The molecule has 380 valence electrons. The molecule has 19 nitrogen and oxygen atoms in total. The fraction of sp³-hybridized carbons (Fsp3) is 0.236. The zero-order valence-corrected chi connectivity index (χ0v) is 40.6. The quantitative estimate of drug-likeness (QED) is 0.0601. The number of pyridine rings is 2. The van der Waals surface area contributed by atoms with E-state index in [2.05, 4.69) is 50.4 Å². The number of Topliss-reactive ketones (excluding diaryl/α,β-unsaturated/α-hetero) is 1. The molecule has 3 aromatic carbocycles. The van der Waals surface area contributed by atoms with E-state index < -0.39 is 12.0 Å². The number of hydrogen-bond donors (Lipinski definition) is 5. The summed E-state index contributed by atoms with van der Waals surface area (Å²) in [4.78, 5) is 70.8. The van der Waals surface area contributed by atoms with Crippen LogP contribution in [0.3, 0.4) is 0 Å². The summed E-state index contributed by atoms with van der Waals surface area (Å²) >= 11 is 0. The summed E-state index contributed by atoms with van der Waals surface area (Å²) in [6, 6.07) is 26.9. The highest BCUT2D eigenvalue weighted by atomic mass is 16.5. The first-order valence-corrected chi connectivity index (χ1v) is 23.7. The molecule has 0 spiro atoms. The van der Waals surface area contributed by atoms with Gasteiger partial charge in [0.1, 0.15) is 18.1 Å². The lowest BCUT2D eigenvalue weighted by Crippen LogP contribution is -2.37. The zero-order valence-electron chi connectivity index (χ0n) is 40.6. The van der Waals surface area contributed by atoms with Gasteiger partial charge in [-0.05, 0) is 61.6 Å². The van der Waals surface area contributed by atoms with Crippen molar-refractivity contribution >= 4 is 40.8 Å². The van der Waals surface area contributed by atoms with Crippen molar-refractivity contribution in [1.29, 1.82) is 0 Å². The fourth-order valence-electron chi connectivity index (χ4n) is 8.10. The van der Waals surface area contributed by atoms with Gasteiger partial charge in [0.25, 0.3) is 5.91 Å². The van der Waals surface area contributed by atoms with E-state index in [-0.39, 0.29) is 49.3 Å². The summed E-state index contributed by atoms with van der Waals surface area (Å²) in [5, 5.41) is 5.70. The second kappa shape index (κ2) is 25.4. The van der Waals surface area contributed by atoms with Gasteiger partial charge in [0, 0.05) is 73.7 Å². The summed E-state index contributed by atoms with van der Waals surface area (Å²) in [5.41, 5.74) is 27.7. The Hall–Kier alpha value is -8.94. The van der Waals surface area contributed by atoms with Crippen LogP contribution in [0.15, 0.2) is 135 Å². The Balaban J connectivity index is 0.000000223. The van der Waals surface area contributed by atoms with E-state index in [0.29, 0.717) is 49.8 Å². The van der Waals surface area contributed by atoms with Gasteiger partial charge in [-0.15, -0.1) is 0 Å². The predicted molar refractivity (Wildman–Crippen MR) is 286 cm³/mol. The number of morpholine rings is 1. The van der Waals surface area contributed by atoms with Crippen molar-refractivity contribution in [2.75, 3.05) is 61.1 Å². The molecule has 1 saturated heterocycles. The minimum atomic E-state index is -0.467. The van der Waals surface area contributed by atoms with Gasteiger partial charge in [-0.25, -0.2) is 29.7 Å². The number of aryl methyl sites for hydroxylation is 2. The number of nitrogens with zero attached hydrogens (tertiary/aromatic N) is 9. The first kappa shape index (κ1) is 52.9. The number of carbonyl (C=O) groups is 3. The number of aromatic nitrogens is 8. The van der Waals surface area contributed by atoms with Crippen molar-refractivity contribution in [1.82, 2.24) is 44.8 Å². The standard InChI is InChI=1S/C31H33N7O4.C23H23N7O.CH4/c1-21-17-33-18-26(28(21)38-13-15-41-16-14-38)37-30(39)27-29(32)35-19-25(36-27)24-9-7-22(8-10-24)11-12-34-31(40)42-20-23-5-3-2-4-6-23;1-15-27-10-11-30(15)20-7-9-26-13-18(20)12-21(31)22-23(25)28-14-19(29-22)17-4-2-16(3-5-17)6-8-24;/h2-10,17-19H,11-16,20H2,1H3,(H2,32,35)(H,34,40)(H,37,39);2-5,7,9-11,13-14H,6,8,12,24H2,1H3,(H2,25,28);1H4. The van der Waals surface area contributed by atoms with E-state index in [0.717, 1.165) is 75.7 Å². The molecule has 8 N–H and O–H groups in total. The average Bonchev–Trinajstić information content (AvgIpc) is 3.85. The van der Waals surface area contributed by atoms with Gasteiger partial charge in [-0.2, -0.15) is 0 Å². The number of ether oxygens (including phenoxy) is 2. The van der Waals surface area contributed by atoms with Crippen molar-refractivity contribution in [2.45, 2.75) is 47.1 Å². The maximum atomic E-state index is 13.3. The number of carbonyl (C=O) groups excluding carboxylic acids is 3. The summed E-state index contributed by atoms with van der Waals surface area (Å²) in [5.74, 6) is 0.271. The number of alkyl carbamates (subject to hydrolysis) is 1. The number of anilines is 4. The molecule has 9 rings (SSSR count). The first-order chi connectivity index (χ1) is 35.5. The molecular formula is C55H60N14O5. The molecule has 5 aromatic heterocycles. The third kappa shape index (κ3) is 13.5. The van der Waals surface area contributed by atoms with Crippen molar-refractivity contribution in [3.05, 3.63) is 180 Å². The fourth-order valence-corrected chi connectivity index (χ4v) is 8.10. The Labute approximate surface area is 429 Å². The van der Waals surface area contributed by atoms with Crippen LogP contribution >= 0.6 is 0 Å². The normalized spacial score (nSPS) is 11.9. The van der Waals surface area contributed by atoms with E-state index in [1.807, 2.05) is 110 Å². The van der Waals surface area contributed by atoms with Crippen LogP contribution in [0, 0.1) is 13.8 Å². The SMILES string of the molecule is C.Cc1cncc(NC(=O)c2nc(-c3ccc(CCNC(=O)OCc4ccccc4)cc3)cnc2N)c1N1CCOCC1.Cc1nccn1-c1ccncc1CC(=O)c1nc(-c2ccc(CCN)cc2)cnc1N. The highest BCUT2D eigenvalue weighted by molar-refractivity contribution is 6.07. The average molecular weight is 997 g/mol. The van der Waals surface area contributed by atoms with Gasteiger partial charge < -0.3 is 46.8 Å². The molecule has 8 aromatic rings. The monoisotopic (exact) mass is 996 g/mol. The van der Waals surface area contributed by atoms with E-state index in [9.17, 15) is 14.4 Å². The van der Waals surface area contributed by atoms with Gasteiger partial charge >= 0.3 is 6.09 Å². The molecule has 6 heterocycles. The van der Waals surface area contributed by atoms with Crippen molar-refractivity contribution in [2.24, 2.45) is 5.73 Å². The molecule has 1 aliphatic heterocycles. The highest BCUT2D eigenvalue weighted by Gasteiger charge is 2.22. The van der Waals surface area contributed by atoms with Crippen LogP contribution in [0.4, 0.5) is 27.8 Å². The maximum Gasteiger partial charge on any atom is 0.407 e. The van der Waals surface area contributed by atoms with Gasteiger partial charge in [0.05, 0.1) is 60.3 Å². The van der Waals surface area contributed by atoms with Crippen LogP contribution in [0.2, 0.25) is 0 Å². The van der Waals surface area contributed by atoms with Crippen molar-refractivity contribution in [3.8, 4) is 28.2 Å². The number of rotatable bonds is 16. The molecule has 0 atom stereocenters. The van der Waals surface area contributed by atoms with Crippen LogP contribution in [0.5, 0.6) is 0 Å². The molecule has 0 unspecified atom stereocenters. The largest absolute Gasteiger partial charge is 0.445 e. The van der Waals surface area contributed by atoms with Crippen LogP contribution in [0.25, 0.3) is 28.2 Å². The summed E-state index contributed by atoms with van der Waals surface area (Å²) in [6.45, 7) is 7.77. The number of hydrogen-bond acceptors (Lipinski definition) is 16. The molecule has 19 heteroatoms. The van der Waals surface area contributed by atoms with Crippen LogP contribution in [0.1, 0.15) is 62.0 Å². The Morgan fingerprint density at radius 3 is 2.01 bits per heavy atom. The van der Waals surface area contributed by atoms with E-state index in [1.54, 1.807) is 43.4 Å². The van der Waals surface area contributed by atoms with Crippen molar-refractivity contribution < 1.29 is 23.9 Å². The van der Waals surface area contributed by atoms with E-state index in [4.69, 9.17) is 26.7 Å². The third-order valence-electron chi connectivity index (χ3n) is 11.9. The Morgan fingerprint density at radius 1 is 0.716 bits per heavy atom. The number of imidazole rings is 1. The molecule has 0 radical (unpaired) electrons. The number of amides is 2. The van der Waals surface area contributed by atoms with Crippen LogP contribution < -0.4 is 32.7 Å². The lowest BCUT2D eigenvalue weighted by Gasteiger charge is -2.31. The number of nitrogen functional groups attached to an aromatic ring is 2. The molecule has 2 amide bonds. The second-order valence-electron chi connectivity index (χ2n) is 17.0. The maximum absolute atomic E-state index is 13.3. The lowest BCUT2D eigenvalue weighted by molar-refractivity contribution is 0.0986. The molecule has 1 fully saturated rings. The molecule has 74 heavy (non-hydrogen) atoms. The summed E-state index contributed by atoms with van der Waals surface area (Å²) in [6.07, 6.45) is 14.5. The highest BCUT2D eigenvalue weighted by Crippen LogP contribution is 2.31. The van der Waals surface area contributed by atoms with Gasteiger partial charge in [0.2, 0.25) is 0 Å². The lowest BCUT2D eigenvalue weighted by atomic mass is 10.1. The van der Waals surface area contributed by atoms with Gasteiger partial charge in [-0.3, -0.25) is 19.6 Å². The van der Waals surface area contributed by atoms with Crippen LogP contribution in [-0.4, -0.2) is 96.6 Å². The Kier molecular flexibility index (Phi) is 18.2. The predicted octanol–water partition coefficient (Wildman–Crippen LogP) is 7.16. The van der Waals surface area contributed by atoms with Gasteiger partial charge in [-0.1, -0.05) is 86.3 Å². The zero-order chi connectivity index (χ0) is 51.1. The minimum absolute atomic E-state index is 0. The molecule has 0 saturated carbocycles. The molecule has 0 aliphatic carbocycles. The topological polar surface area (TPSA) is 270 Å². The Morgan fingerprint density at radius 2 is 1.36 bits per heavy atom. The molecule has 1 aliphatic rings. The first-order valence-electron chi connectivity index (χ1n) is 23.7. The van der Waals surface area contributed by atoms with Gasteiger partial charge in [0.15, 0.2) is 23.1 Å². The van der Waals surface area contributed by atoms with Crippen LogP contribution in [-0.2, 0) is 35.3 Å². The number of nitrogens with one attached hydrogen (secondary N) is 2. The Bertz CT molecular complexity index is 3160. The third-order valence-corrected chi connectivity index (χ3v) is 11.9. The number of nitrogens with two attached hydrogens (primary N) is 3. The van der Waals surface area contributed by atoms with Crippen molar-refractivity contribution in [3.63, 3.8) is 0 Å². The number of benzene rings is 3. The summed E-state index contributed by atoms with van der Waals surface area (Å²) < 4.78 is 12.6. The van der Waals surface area contributed by atoms with E-state index in [1.165, 1.54) is 0 Å². The molecular weight excluding hydrogens is 937 g/mol. The molecule has 0 bridgehead atoms. The smallest absolute Gasteiger partial charge is 0.407 e. The second-order valence-corrected chi connectivity index (χ2v) is 17.0.